The molecule has 1 aromatic heterocycles. The normalized spacial score (nSPS) is 9.50. The van der Waals surface area contributed by atoms with E-state index in [1.54, 1.807) is 25.2 Å². The summed E-state index contributed by atoms with van der Waals surface area (Å²) in [5, 5.41) is 1.86. The van der Waals surface area contributed by atoms with E-state index in [0.29, 0.717) is 11.0 Å². The van der Waals surface area contributed by atoms with E-state index in [4.69, 9.17) is 17.4 Å². The van der Waals surface area contributed by atoms with Gasteiger partial charge in [0.05, 0.1) is 0 Å². The molecule has 1 aromatic rings. The molecule has 0 saturated heterocycles. The maximum absolute atomic E-state index is 5.60. The summed E-state index contributed by atoms with van der Waals surface area (Å²) in [6, 6.07) is 5.29. The summed E-state index contributed by atoms with van der Waals surface area (Å²) in [6.07, 6.45) is 0. The molecule has 0 aromatic carbocycles. The monoisotopic (exact) mass is 157 g/mol. The predicted molar refractivity (Wildman–Crippen MR) is 41.8 cm³/mol. The minimum atomic E-state index is 0.454. The number of anilines is 1. The first-order chi connectivity index (χ1) is 4.70. The van der Waals surface area contributed by atoms with Crippen molar-refractivity contribution in [2.45, 2.75) is 0 Å². The average Bonchev–Trinajstić information content (AvgIpc) is 1.88. The topological polar surface area (TPSA) is 42.1 Å². The lowest BCUT2D eigenvalue weighted by molar-refractivity contribution is 0.977. The number of hydrazine groups is 1. The Morgan fingerprint density at radius 2 is 2.30 bits per heavy atom. The van der Waals surface area contributed by atoms with E-state index in [1.165, 1.54) is 5.01 Å². The molecule has 0 radical (unpaired) electrons. The molecule has 0 amide bonds. The second-order valence-corrected chi connectivity index (χ2v) is 2.32. The summed E-state index contributed by atoms with van der Waals surface area (Å²) in [7, 11) is 1.71. The summed E-state index contributed by atoms with van der Waals surface area (Å²) < 4.78 is 0. The maximum Gasteiger partial charge on any atom is 0.144 e. The molecule has 0 aliphatic heterocycles. The van der Waals surface area contributed by atoms with Crippen molar-refractivity contribution >= 4 is 17.4 Å². The zero-order valence-corrected chi connectivity index (χ0v) is 6.34. The van der Waals surface area contributed by atoms with Crippen molar-refractivity contribution in [2.75, 3.05) is 12.1 Å². The third kappa shape index (κ3) is 1.59. The van der Waals surface area contributed by atoms with Crippen LogP contribution in [0, 0.1) is 0 Å². The fraction of sp³-hybridized carbons (Fsp3) is 0.167. The van der Waals surface area contributed by atoms with Gasteiger partial charge in [0.25, 0.3) is 0 Å². The third-order valence-corrected chi connectivity index (χ3v) is 1.27. The lowest BCUT2D eigenvalue weighted by atomic mass is 10.5. The van der Waals surface area contributed by atoms with Gasteiger partial charge in [-0.3, -0.25) is 5.01 Å². The summed E-state index contributed by atoms with van der Waals surface area (Å²) in [6.45, 7) is 0. The second-order valence-electron chi connectivity index (χ2n) is 1.93. The van der Waals surface area contributed by atoms with Crippen LogP contribution < -0.4 is 10.9 Å². The van der Waals surface area contributed by atoms with Crippen molar-refractivity contribution in [3.63, 3.8) is 0 Å². The summed E-state index contributed by atoms with van der Waals surface area (Å²) in [5.74, 6) is 6.05. The molecule has 1 heterocycles. The number of aromatic nitrogens is 1. The van der Waals surface area contributed by atoms with Crippen LogP contribution in [-0.2, 0) is 0 Å². The zero-order valence-electron chi connectivity index (χ0n) is 5.58. The van der Waals surface area contributed by atoms with Gasteiger partial charge in [0.15, 0.2) is 0 Å². The number of rotatable bonds is 1. The summed E-state index contributed by atoms with van der Waals surface area (Å²) >= 11 is 5.60. The van der Waals surface area contributed by atoms with Gasteiger partial charge in [-0.2, -0.15) is 0 Å². The second kappa shape index (κ2) is 2.86. The molecule has 0 bridgehead atoms. The molecule has 1 rings (SSSR count). The predicted octanol–water partition coefficient (Wildman–Crippen LogP) is 1.04. The molecule has 0 saturated carbocycles. The Morgan fingerprint density at radius 1 is 1.60 bits per heavy atom. The highest BCUT2D eigenvalue weighted by Crippen LogP contribution is 2.09. The molecule has 0 atom stereocenters. The lowest BCUT2D eigenvalue weighted by Crippen LogP contribution is -2.25. The van der Waals surface area contributed by atoms with E-state index < -0.39 is 0 Å². The first-order valence-electron chi connectivity index (χ1n) is 2.81. The lowest BCUT2D eigenvalue weighted by Gasteiger charge is -2.09. The van der Waals surface area contributed by atoms with E-state index in [-0.39, 0.29) is 0 Å². The van der Waals surface area contributed by atoms with Crippen molar-refractivity contribution in [3.8, 4) is 0 Å². The van der Waals surface area contributed by atoms with Crippen LogP contribution in [0.2, 0.25) is 5.15 Å². The smallest absolute Gasteiger partial charge is 0.144 e. The van der Waals surface area contributed by atoms with E-state index in [1.807, 2.05) is 0 Å². The highest BCUT2D eigenvalue weighted by atomic mass is 35.5. The fourth-order valence-corrected chi connectivity index (χ4v) is 0.753. The van der Waals surface area contributed by atoms with Crippen molar-refractivity contribution < 1.29 is 0 Å². The van der Waals surface area contributed by atoms with Gasteiger partial charge in [-0.1, -0.05) is 17.7 Å². The molecule has 0 aliphatic carbocycles. The Balaban J connectivity index is 2.96. The van der Waals surface area contributed by atoms with Gasteiger partial charge in [-0.15, -0.1) is 0 Å². The SMILES string of the molecule is CN(N)c1cccc(Cl)n1. The molecule has 2 N–H and O–H groups in total. The Kier molecular flexibility index (Phi) is 2.09. The summed E-state index contributed by atoms with van der Waals surface area (Å²) in [5.41, 5.74) is 0. The van der Waals surface area contributed by atoms with Crippen LogP contribution in [0.4, 0.5) is 5.82 Å². The molecule has 3 nitrogen and oxygen atoms in total. The first-order valence-corrected chi connectivity index (χ1v) is 3.19. The highest BCUT2D eigenvalue weighted by Gasteiger charge is 1.95. The van der Waals surface area contributed by atoms with Gasteiger partial charge < -0.3 is 0 Å². The molecule has 0 fully saturated rings. The van der Waals surface area contributed by atoms with Crippen LogP contribution >= 0.6 is 11.6 Å². The van der Waals surface area contributed by atoms with E-state index >= 15 is 0 Å². The Labute approximate surface area is 64.4 Å². The first kappa shape index (κ1) is 7.31. The molecular formula is C6H8ClN3. The number of nitrogens with zero attached hydrogens (tertiary/aromatic N) is 2. The van der Waals surface area contributed by atoms with Crippen LogP contribution in [0.1, 0.15) is 0 Å². The van der Waals surface area contributed by atoms with Crippen molar-refractivity contribution in [2.24, 2.45) is 5.84 Å². The molecule has 0 spiro atoms. The van der Waals surface area contributed by atoms with Crippen LogP contribution in [0.3, 0.4) is 0 Å². The third-order valence-electron chi connectivity index (χ3n) is 1.06. The number of halogens is 1. The van der Waals surface area contributed by atoms with Crippen LogP contribution in [-0.4, -0.2) is 12.0 Å². The Morgan fingerprint density at radius 3 is 2.70 bits per heavy atom. The van der Waals surface area contributed by atoms with Gasteiger partial charge in [-0.25, -0.2) is 10.8 Å². The minimum Gasteiger partial charge on any atom is -0.298 e. The van der Waals surface area contributed by atoms with Gasteiger partial charge >= 0.3 is 0 Å². The fourth-order valence-electron chi connectivity index (χ4n) is 0.594. The molecular weight excluding hydrogens is 150 g/mol. The van der Waals surface area contributed by atoms with E-state index in [2.05, 4.69) is 4.98 Å². The quantitative estimate of drug-likeness (QED) is 0.376. The Bertz CT molecular complexity index is 224. The molecule has 54 valence electrons. The molecule has 0 aliphatic rings. The molecule has 0 unspecified atom stereocenters. The number of hydrogen-bond acceptors (Lipinski definition) is 3. The zero-order chi connectivity index (χ0) is 7.56. The van der Waals surface area contributed by atoms with Crippen LogP contribution in [0.5, 0.6) is 0 Å². The van der Waals surface area contributed by atoms with Crippen molar-refractivity contribution in [1.82, 2.24) is 4.98 Å². The average molecular weight is 158 g/mol. The molecule has 10 heavy (non-hydrogen) atoms. The number of hydrogen-bond donors (Lipinski definition) is 1. The van der Waals surface area contributed by atoms with E-state index in [9.17, 15) is 0 Å². The standard InChI is InChI=1S/C6H8ClN3/c1-10(8)6-4-2-3-5(7)9-6/h2-4H,8H2,1H3. The highest BCUT2D eigenvalue weighted by molar-refractivity contribution is 6.29. The van der Waals surface area contributed by atoms with Gasteiger partial charge in [-0.05, 0) is 12.1 Å². The van der Waals surface area contributed by atoms with Crippen LogP contribution in [0.25, 0.3) is 0 Å². The maximum atomic E-state index is 5.60. The van der Waals surface area contributed by atoms with Crippen molar-refractivity contribution in [1.29, 1.82) is 0 Å². The van der Waals surface area contributed by atoms with E-state index in [0.717, 1.165) is 0 Å². The Hall–Kier alpha value is -0.800. The van der Waals surface area contributed by atoms with Gasteiger partial charge in [0.1, 0.15) is 11.0 Å². The molecule has 4 heteroatoms. The number of nitrogens with two attached hydrogens (primary N) is 1. The van der Waals surface area contributed by atoms with Crippen LogP contribution in [0.15, 0.2) is 18.2 Å². The largest absolute Gasteiger partial charge is 0.298 e. The van der Waals surface area contributed by atoms with Gasteiger partial charge in [0.2, 0.25) is 0 Å². The number of pyridine rings is 1. The minimum absolute atomic E-state index is 0.454. The van der Waals surface area contributed by atoms with Gasteiger partial charge in [0, 0.05) is 7.05 Å². The summed E-state index contributed by atoms with van der Waals surface area (Å²) in [4.78, 5) is 3.94. The van der Waals surface area contributed by atoms with Crippen molar-refractivity contribution in [3.05, 3.63) is 23.4 Å².